The standard InChI is InChI=1S/C25H38O3.C22H34O2.C8H17N3.C3H6O2.ClH/c1-3-5-6-7-8-9-10-11-12-13-14-15-16-17-18-19-20-23(4-2)25(26)28-22-24-21-27-24;1-3-5-6-7-8-9-10-11-12-13-14-15-16-17-18-19-20-21(4-2)22(23)24;1-4-9-8-10-6-5-7-11(2)3;4-1-3-2-5-3;/h5-6,8-9,11-12,14-15,17-18,23-24H,3-4,7,10,13,16,19-22H2,1-2H3;5-6,8-9,11-12,14-15,17-18,21H,3-4,7,10,13,16,19-20H2,1-2H3,(H,23,24);4-7H2,1-3H3;3-4H,1-2H2;1H/b2*6-5-,9-8-,12-11-,15-14-,18-17-;;;. The number of carbonyl (C=O) groups excluding carboxylic acids is 1. The maximum absolute atomic E-state index is 12.0. The lowest BCUT2D eigenvalue weighted by Crippen LogP contribution is -2.19. The number of allylic oxidation sites excluding steroid dienone is 20. The number of epoxide rings is 2. The highest BCUT2D eigenvalue weighted by molar-refractivity contribution is 5.85. The average Bonchev–Trinajstić information content (AvgIpc) is 4.28. The van der Waals surface area contributed by atoms with Crippen molar-refractivity contribution in [3.8, 4) is 0 Å². The Labute approximate surface area is 427 Å². The van der Waals surface area contributed by atoms with Crippen molar-refractivity contribution in [2.75, 3.05) is 60.2 Å². The molecular weight excluding hydrogens is 886 g/mol. The first-order chi connectivity index (χ1) is 33.2. The van der Waals surface area contributed by atoms with Crippen molar-refractivity contribution in [3.63, 3.8) is 0 Å². The molecule has 2 aliphatic rings. The minimum absolute atomic E-state index is 0. The van der Waals surface area contributed by atoms with Crippen LogP contribution in [-0.2, 0) is 23.8 Å². The molecule has 0 aromatic rings. The van der Waals surface area contributed by atoms with Gasteiger partial charge < -0.3 is 29.3 Å². The number of aliphatic carboxylic acids is 1. The molecule has 0 aliphatic carbocycles. The van der Waals surface area contributed by atoms with Crippen LogP contribution in [0.1, 0.15) is 144 Å². The lowest BCUT2D eigenvalue weighted by molar-refractivity contribution is -0.149. The quantitative estimate of drug-likeness (QED) is 0.0208. The summed E-state index contributed by atoms with van der Waals surface area (Å²) in [5.74, 6) is -0.956. The first kappa shape index (κ1) is 69.1. The van der Waals surface area contributed by atoms with Crippen LogP contribution < -0.4 is 0 Å². The van der Waals surface area contributed by atoms with Crippen LogP contribution in [0.25, 0.3) is 0 Å². The SMILES string of the molecule is CC/C=C\C/C=C\C/C=C\C/C=C\C/C=C\CCC(CC)C(=O)O.CC/C=C\C/C=C\C/C=C\C/C=C\C/C=C\CCC(CC)C(=O)OCC1CO1.CCN=C=NCCCN(C)C.Cl.OCC1CO1. The molecule has 10 nitrogen and oxygen atoms in total. The van der Waals surface area contributed by atoms with E-state index in [0.717, 1.165) is 136 Å². The smallest absolute Gasteiger partial charge is 0.309 e. The van der Waals surface area contributed by atoms with Gasteiger partial charge in [0.25, 0.3) is 0 Å². The Balaban J connectivity index is -0.000000953. The second-order valence-corrected chi connectivity index (χ2v) is 16.5. The minimum Gasteiger partial charge on any atom is -0.481 e. The Morgan fingerprint density at radius 2 is 0.986 bits per heavy atom. The van der Waals surface area contributed by atoms with Crippen LogP contribution in [-0.4, -0.2) is 105 Å². The lowest BCUT2D eigenvalue weighted by atomic mass is 10.0. The molecule has 0 saturated carbocycles. The molecular formula is C58H96ClN3O7. The van der Waals surface area contributed by atoms with Crippen LogP contribution in [0.3, 0.4) is 0 Å². The first-order valence-corrected chi connectivity index (χ1v) is 25.7. The summed E-state index contributed by atoms with van der Waals surface area (Å²) in [7, 11) is 4.12. The third-order valence-electron chi connectivity index (χ3n) is 9.94. The van der Waals surface area contributed by atoms with Crippen LogP contribution >= 0.6 is 12.4 Å². The van der Waals surface area contributed by atoms with Crippen molar-refractivity contribution in [2.24, 2.45) is 21.8 Å². The molecule has 11 heteroatoms. The monoisotopic (exact) mass is 982 g/mol. The van der Waals surface area contributed by atoms with Gasteiger partial charge in [0.2, 0.25) is 0 Å². The van der Waals surface area contributed by atoms with Gasteiger partial charge >= 0.3 is 11.9 Å². The minimum atomic E-state index is -0.676. The average molecular weight is 983 g/mol. The number of rotatable bonds is 36. The number of carboxylic acid groups (broad SMARTS) is 1. The van der Waals surface area contributed by atoms with Gasteiger partial charge in [-0.25, -0.2) is 9.98 Å². The van der Waals surface area contributed by atoms with Crippen molar-refractivity contribution in [3.05, 3.63) is 122 Å². The van der Waals surface area contributed by atoms with E-state index in [1.807, 2.05) is 20.8 Å². The Morgan fingerprint density at radius 3 is 1.29 bits per heavy atom. The maximum Gasteiger partial charge on any atom is 0.309 e. The molecule has 2 fully saturated rings. The number of halogens is 1. The number of esters is 1. The van der Waals surface area contributed by atoms with Gasteiger partial charge in [0.1, 0.15) is 18.8 Å². The molecule has 0 amide bonds. The zero-order chi connectivity index (χ0) is 50.4. The zero-order valence-corrected chi connectivity index (χ0v) is 44.8. The van der Waals surface area contributed by atoms with Gasteiger partial charge in [-0.1, -0.05) is 149 Å². The van der Waals surface area contributed by atoms with Gasteiger partial charge in [0.15, 0.2) is 0 Å². The first-order valence-electron chi connectivity index (χ1n) is 25.7. The van der Waals surface area contributed by atoms with E-state index >= 15 is 0 Å². The van der Waals surface area contributed by atoms with Gasteiger partial charge in [-0.05, 0) is 137 Å². The Kier molecular flexibility index (Phi) is 56.5. The fourth-order valence-corrected chi connectivity index (χ4v) is 5.59. The van der Waals surface area contributed by atoms with E-state index in [9.17, 15) is 9.59 Å². The molecule has 392 valence electrons. The molecule has 2 saturated heterocycles. The summed E-state index contributed by atoms with van der Waals surface area (Å²) in [6.45, 7) is 15.0. The van der Waals surface area contributed by atoms with Crippen LogP contribution in [0.4, 0.5) is 0 Å². The van der Waals surface area contributed by atoms with E-state index < -0.39 is 5.97 Å². The number of carboxylic acids is 1. The number of hydrogen-bond donors (Lipinski definition) is 2. The zero-order valence-electron chi connectivity index (χ0n) is 44.0. The summed E-state index contributed by atoms with van der Waals surface area (Å²) in [5, 5.41) is 17.0. The highest BCUT2D eigenvalue weighted by Gasteiger charge is 2.26. The molecule has 4 unspecified atom stereocenters. The van der Waals surface area contributed by atoms with Crippen molar-refractivity contribution >= 4 is 30.4 Å². The molecule has 0 spiro atoms. The van der Waals surface area contributed by atoms with Crippen molar-refractivity contribution in [1.29, 1.82) is 0 Å². The molecule has 0 aromatic heterocycles. The molecule has 69 heavy (non-hydrogen) atoms. The Morgan fingerprint density at radius 1 is 0.609 bits per heavy atom. The van der Waals surface area contributed by atoms with E-state index in [1.54, 1.807) is 0 Å². The summed E-state index contributed by atoms with van der Waals surface area (Å²) in [6, 6.07) is 2.64. The number of aliphatic hydroxyl groups excluding tert-OH is 1. The van der Waals surface area contributed by atoms with Crippen LogP contribution in [0.2, 0.25) is 0 Å². The highest BCUT2D eigenvalue weighted by atomic mass is 35.5. The van der Waals surface area contributed by atoms with E-state index in [1.165, 1.54) is 0 Å². The van der Waals surface area contributed by atoms with E-state index in [2.05, 4.69) is 175 Å². The highest BCUT2D eigenvalue weighted by Crippen LogP contribution is 2.16. The van der Waals surface area contributed by atoms with Gasteiger partial charge in [-0.2, -0.15) is 0 Å². The third-order valence-corrected chi connectivity index (χ3v) is 9.94. The Bertz CT molecular complexity index is 1550. The molecule has 2 heterocycles. The summed E-state index contributed by atoms with van der Waals surface area (Å²) >= 11 is 0. The van der Waals surface area contributed by atoms with Crippen molar-refractivity contribution in [2.45, 2.75) is 156 Å². The van der Waals surface area contributed by atoms with Crippen molar-refractivity contribution in [1.82, 2.24) is 4.90 Å². The number of aliphatic hydroxyl groups is 1. The summed E-state index contributed by atoms with van der Waals surface area (Å²) in [6.07, 6.45) is 60.0. The Hall–Kier alpha value is -4.15. The number of nitrogens with zero attached hydrogens (tertiary/aromatic N) is 3. The predicted molar refractivity (Wildman–Crippen MR) is 296 cm³/mol. The maximum atomic E-state index is 12.0. The largest absolute Gasteiger partial charge is 0.481 e. The summed E-state index contributed by atoms with van der Waals surface area (Å²) in [5.41, 5.74) is 0. The van der Waals surface area contributed by atoms with Crippen molar-refractivity contribution < 1.29 is 34.0 Å². The van der Waals surface area contributed by atoms with E-state index in [4.69, 9.17) is 19.7 Å². The topological polar surface area (TPSA) is 137 Å². The third kappa shape index (κ3) is 58.1. The van der Waals surface area contributed by atoms with Gasteiger partial charge in [-0.15, -0.1) is 12.4 Å². The van der Waals surface area contributed by atoms with Gasteiger partial charge in [0, 0.05) is 6.54 Å². The van der Waals surface area contributed by atoms with Crippen LogP contribution in [0.15, 0.2) is 132 Å². The fourth-order valence-electron chi connectivity index (χ4n) is 5.59. The summed E-state index contributed by atoms with van der Waals surface area (Å²) < 4.78 is 15.0. The van der Waals surface area contributed by atoms with Crippen LogP contribution in [0.5, 0.6) is 0 Å². The normalized spacial score (nSPS) is 16.3. The number of hydrogen-bond acceptors (Lipinski definition) is 9. The predicted octanol–water partition coefficient (Wildman–Crippen LogP) is 14.0. The lowest BCUT2D eigenvalue weighted by Gasteiger charge is -2.12. The second-order valence-electron chi connectivity index (χ2n) is 16.5. The molecule has 0 aromatic carbocycles. The van der Waals surface area contributed by atoms with E-state index in [-0.39, 0.29) is 49.0 Å². The van der Waals surface area contributed by atoms with E-state index in [0.29, 0.717) is 13.0 Å². The number of ether oxygens (including phenoxy) is 3. The molecule has 0 bridgehead atoms. The fraction of sp³-hybridized carbons (Fsp3) is 0.603. The number of carbonyl (C=O) groups is 2. The molecule has 2 aliphatic heterocycles. The van der Waals surface area contributed by atoms with Gasteiger partial charge in [0.05, 0.1) is 44.2 Å². The van der Waals surface area contributed by atoms with Crippen LogP contribution in [0, 0.1) is 11.8 Å². The molecule has 2 N–H and O–H groups in total. The number of aliphatic imine (C=N–C) groups is 2. The molecule has 2 rings (SSSR count). The van der Waals surface area contributed by atoms with Gasteiger partial charge in [-0.3, -0.25) is 9.59 Å². The second kappa shape index (κ2) is 56.4. The molecule has 0 radical (unpaired) electrons. The summed E-state index contributed by atoms with van der Waals surface area (Å²) in [4.78, 5) is 32.8. The molecule has 4 atom stereocenters.